The van der Waals surface area contributed by atoms with Gasteiger partial charge in [-0.05, 0) is 24.6 Å². The van der Waals surface area contributed by atoms with E-state index in [0.717, 1.165) is 12.5 Å². The molecular formula is C23H28O13. The van der Waals surface area contributed by atoms with Crippen molar-refractivity contribution >= 4 is 16.9 Å². The summed E-state index contributed by atoms with van der Waals surface area (Å²) in [7, 11) is 0. The Bertz CT molecular complexity index is 1130. The van der Waals surface area contributed by atoms with Gasteiger partial charge in [-0.15, -0.1) is 0 Å². The third-order valence-electron chi connectivity index (χ3n) is 6.04. The van der Waals surface area contributed by atoms with Crippen LogP contribution in [0, 0.1) is 6.92 Å². The normalized spacial score (nSPS) is 34.9. The fourth-order valence-corrected chi connectivity index (χ4v) is 4.04. The van der Waals surface area contributed by atoms with E-state index in [1.54, 1.807) is 19.1 Å². The molecule has 0 unspecified atom stereocenters. The Kier molecular flexibility index (Phi) is 7.92. The van der Waals surface area contributed by atoms with E-state index < -0.39 is 73.5 Å². The van der Waals surface area contributed by atoms with E-state index in [9.17, 15) is 35.1 Å². The van der Waals surface area contributed by atoms with Gasteiger partial charge in [0.1, 0.15) is 60.7 Å². The molecule has 4 rings (SSSR count). The molecular weight excluding hydrogens is 484 g/mol. The number of fused-ring (bicyclic) bond motifs is 1. The van der Waals surface area contributed by atoms with Crippen LogP contribution in [0.5, 0.6) is 5.75 Å². The number of rotatable bonds is 6. The van der Waals surface area contributed by atoms with Crippen LogP contribution in [-0.2, 0) is 23.7 Å². The van der Waals surface area contributed by atoms with Crippen LogP contribution < -0.4 is 10.4 Å². The summed E-state index contributed by atoms with van der Waals surface area (Å²) in [6, 6.07) is 6.08. The van der Waals surface area contributed by atoms with Crippen molar-refractivity contribution in [1.29, 1.82) is 0 Å². The maximum atomic E-state index is 11.6. The second kappa shape index (κ2) is 10.8. The lowest BCUT2D eigenvalue weighted by molar-refractivity contribution is -0.338. The summed E-state index contributed by atoms with van der Waals surface area (Å²) in [5, 5.41) is 52.3. The Labute approximate surface area is 204 Å². The van der Waals surface area contributed by atoms with Crippen LogP contribution in [-0.4, -0.2) is 100 Å². The SMILES string of the molecule is CC(=O)OC[C@H]1O[C@@H](O[C@@H]2CO[C@@H](Oc3ccc4c(C)cc(=O)oc4c3)[C@H](O)[C@H]2O)[C@H](O)[C@@H](O)[C@H]1O. The Morgan fingerprint density at radius 3 is 2.44 bits per heavy atom. The lowest BCUT2D eigenvalue weighted by atomic mass is 9.99. The van der Waals surface area contributed by atoms with Crippen molar-refractivity contribution in [3.63, 3.8) is 0 Å². The quantitative estimate of drug-likeness (QED) is 0.218. The van der Waals surface area contributed by atoms with Crippen LogP contribution in [0.3, 0.4) is 0 Å². The summed E-state index contributed by atoms with van der Waals surface area (Å²) in [5.41, 5.74) is 0.468. The monoisotopic (exact) mass is 512 g/mol. The number of aryl methyl sites for hydroxylation is 1. The highest BCUT2D eigenvalue weighted by molar-refractivity contribution is 5.81. The number of benzene rings is 1. The van der Waals surface area contributed by atoms with E-state index in [1.807, 2.05) is 0 Å². The first-order valence-electron chi connectivity index (χ1n) is 11.2. The third kappa shape index (κ3) is 5.53. The maximum Gasteiger partial charge on any atom is 0.336 e. The van der Waals surface area contributed by atoms with Gasteiger partial charge in [-0.3, -0.25) is 4.79 Å². The second-order valence-corrected chi connectivity index (χ2v) is 8.70. The zero-order valence-corrected chi connectivity index (χ0v) is 19.4. The van der Waals surface area contributed by atoms with Crippen molar-refractivity contribution in [1.82, 2.24) is 0 Å². The Balaban J connectivity index is 1.40. The first kappa shape index (κ1) is 26.4. The molecule has 2 aliphatic heterocycles. The van der Waals surface area contributed by atoms with Gasteiger partial charge in [0.15, 0.2) is 6.29 Å². The van der Waals surface area contributed by atoms with Crippen molar-refractivity contribution in [2.45, 2.75) is 69.2 Å². The van der Waals surface area contributed by atoms with Gasteiger partial charge >= 0.3 is 11.6 Å². The molecule has 13 heteroatoms. The van der Waals surface area contributed by atoms with Crippen molar-refractivity contribution < 1.29 is 58.4 Å². The van der Waals surface area contributed by atoms with Gasteiger partial charge < -0.3 is 53.6 Å². The largest absolute Gasteiger partial charge is 0.463 e. The average Bonchev–Trinajstić information content (AvgIpc) is 2.82. The number of hydrogen-bond donors (Lipinski definition) is 5. The van der Waals surface area contributed by atoms with Gasteiger partial charge in [-0.25, -0.2) is 4.79 Å². The number of hydrogen-bond acceptors (Lipinski definition) is 13. The van der Waals surface area contributed by atoms with E-state index in [0.29, 0.717) is 5.39 Å². The van der Waals surface area contributed by atoms with E-state index in [4.69, 9.17) is 28.1 Å². The molecule has 198 valence electrons. The number of carbonyl (C=O) groups is 1. The van der Waals surface area contributed by atoms with Gasteiger partial charge in [0.25, 0.3) is 0 Å². The molecule has 2 aromatic rings. The Morgan fingerprint density at radius 2 is 1.72 bits per heavy atom. The highest BCUT2D eigenvalue weighted by atomic mass is 16.7. The smallest absolute Gasteiger partial charge is 0.336 e. The van der Waals surface area contributed by atoms with Crippen molar-refractivity contribution in [3.8, 4) is 5.75 Å². The molecule has 5 N–H and O–H groups in total. The molecule has 0 radical (unpaired) electrons. The molecule has 0 bridgehead atoms. The summed E-state index contributed by atoms with van der Waals surface area (Å²) in [6.45, 7) is 2.20. The van der Waals surface area contributed by atoms with Crippen LogP contribution in [0.4, 0.5) is 0 Å². The predicted molar refractivity (Wildman–Crippen MR) is 118 cm³/mol. The number of ether oxygens (including phenoxy) is 5. The molecule has 1 aromatic heterocycles. The minimum Gasteiger partial charge on any atom is -0.463 e. The minimum absolute atomic E-state index is 0.211. The van der Waals surface area contributed by atoms with Crippen LogP contribution in [0.2, 0.25) is 0 Å². The Hall–Kier alpha value is -2.62. The molecule has 1 aromatic carbocycles. The van der Waals surface area contributed by atoms with E-state index in [1.165, 1.54) is 12.1 Å². The van der Waals surface area contributed by atoms with Crippen molar-refractivity contribution in [3.05, 3.63) is 40.2 Å². The van der Waals surface area contributed by atoms with Gasteiger partial charge in [0, 0.05) is 24.4 Å². The molecule has 36 heavy (non-hydrogen) atoms. The van der Waals surface area contributed by atoms with E-state index >= 15 is 0 Å². The van der Waals surface area contributed by atoms with Crippen molar-refractivity contribution in [2.24, 2.45) is 0 Å². The second-order valence-electron chi connectivity index (χ2n) is 8.70. The highest BCUT2D eigenvalue weighted by Gasteiger charge is 2.48. The van der Waals surface area contributed by atoms with Crippen LogP contribution in [0.1, 0.15) is 12.5 Å². The summed E-state index contributed by atoms with van der Waals surface area (Å²) < 4.78 is 32.1. The fourth-order valence-electron chi connectivity index (χ4n) is 4.04. The molecule has 3 heterocycles. The summed E-state index contributed by atoms with van der Waals surface area (Å²) in [6.07, 6.45) is -13.4. The van der Waals surface area contributed by atoms with Gasteiger partial charge in [-0.2, -0.15) is 0 Å². The van der Waals surface area contributed by atoms with Crippen LogP contribution >= 0.6 is 0 Å². The predicted octanol–water partition coefficient (Wildman–Crippen LogP) is -1.69. The number of aliphatic hydroxyl groups excluding tert-OH is 5. The number of esters is 1. The van der Waals surface area contributed by atoms with E-state index in [-0.39, 0.29) is 17.9 Å². The molecule has 2 saturated heterocycles. The Morgan fingerprint density at radius 1 is 1.00 bits per heavy atom. The lowest BCUT2D eigenvalue weighted by Gasteiger charge is -2.43. The zero-order valence-electron chi connectivity index (χ0n) is 19.4. The summed E-state index contributed by atoms with van der Waals surface area (Å²) in [5.74, 6) is -0.429. The summed E-state index contributed by atoms with van der Waals surface area (Å²) in [4.78, 5) is 22.7. The molecule has 2 aliphatic rings. The van der Waals surface area contributed by atoms with Gasteiger partial charge in [-0.1, -0.05) is 0 Å². The fraction of sp³-hybridized carbons (Fsp3) is 0.565. The molecule has 2 fully saturated rings. The first-order valence-corrected chi connectivity index (χ1v) is 11.2. The number of carbonyl (C=O) groups excluding carboxylic acids is 1. The van der Waals surface area contributed by atoms with Gasteiger partial charge in [0.2, 0.25) is 6.29 Å². The van der Waals surface area contributed by atoms with Gasteiger partial charge in [0.05, 0.1) is 6.61 Å². The summed E-state index contributed by atoms with van der Waals surface area (Å²) >= 11 is 0. The van der Waals surface area contributed by atoms with Crippen LogP contribution in [0.25, 0.3) is 11.0 Å². The van der Waals surface area contributed by atoms with E-state index in [2.05, 4.69) is 0 Å². The van der Waals surface area contributed by atoms with Crippen LogP contribution in [0.15, 0.2) is 33.5 Å². The standard InChI is InChI=1S/C23H28O13/c1-9-5-16(25)34-13-6-11(3-4-12(9)13)33-22-20(29)18(27)15(8-32-22)36-23-21(30)19(28)17(26)14(35-23)7-31-10(2)24/h3-6,14-15,17-23,26-30H,7-8H2,1-2H3/t14-,15-,17+,18+,19+,20-,21-,22+,23+/m1/s1. The third-order valence-corrected chi connectivity index (χ3v) is 6.04. The molecule has 0 spiro atoms. The molecule has 0 saturated carbocycles. The molecule has 0 amide bonds. The maximum absolute atomic E-state index is 11.6. The topological polar surface area (TPSA) is 195 Å². The lowest BCUT2D eigenvalue weighted by Crippen LogP contribution is -2.62. The van der Waals surface area contributed by atoms with Crippen molar-refractivity contribution in [2.75, 3.05) is 13.2 Å². The molecule has 13 nitrogen and oxygen atoms in total. The minimum atomic E-state index is -1.71. The molecule has 0 aliphatic carbocycles. The average molecular weight is 512 g/mol. The first-order chi connectivity index (χ1) is 17.0. The molecule has 9 atom stereocenters. The zero-order chi connectivity index (χ0) is 26.1. The highest BCUT2D eigenvalue weighted by Crippen LogP contribution is 2.29. The number of aliphatic hydroxyl groups is 5.